The lowest BCUT2D eigenvalue weighted by Gasteiger charge is -2.29. The summed E-state index contributed by atoms with van der Waals surface area (Å²) in [7, 11) is 1.40. The highest BCUT2D eigenvalue weighted by Gasteiger charge is 2.34. The predicted octanol–water partition coefficient (Wildman–Crippen LogP) is 0.196. The summed E-state index contributed by atoms with van der Waals surface area (Å²) in [6.07, 6.45) is -4.91. The van der Waals surface area contributed by atoms with Crippen LogP contribution in [0.1, 0.15) is 38.3 Å². The van der Waals surface area contributed by atoms with Crippen LogP contribution in [0, 0.1) is 0 Å². The standard InChI is InChI=1S/C32H43N5O11/c1-32(2,3)48-31(47)36-22-13-19-11-17(5-7-25(19)40)18-6-8-26(41)20(12-18)14-24(29(44)37(4)9-10-38)35-28(43)23(34-27(22)42)15-21(39)16-33-30(45)46/h5-8,11-12,21-24,33,38-41H,9-10,13-16H2,1-4H3,(H,34,42)(H,35,43)(H,36,47)(H,45,46)/t21-,22+,23+,24+/m1/s1. The number of rotatable bonds is 8. The highest BCUT2D eigenvalue weighted by Crippen LogP contribution is 2.31. The third-order valence-electron chi connectivity index (χ3n) is 7.40. The van der Waals surface area contributed by atoms with Gasteiger partial charge in [-0.15, -0.1) is 0 Å². The fourth-order valence-corrected chi connectivity index (χ4v) is 5.02. The van der Waals surface area contributed by atoms with Crippen molar-refractivity contribution < 1.29 is 54.2 Å². The Morgan fingerprint density at radius 1 is 0.979 bits per heavy atom. The number of phenols is 2. The molecule has 0 aliphatic carbocycles. The van der Waals surface area contributed by atoms with E-state index in [2.05, 4.69) is 16.0 Å². The van der Waals surface area contributed by atoms with Gasteiger partial charge in [-0.25, -0.2) is 9.59 Å². The topological polar surface area (TPSA) is 247 Å². The van der Waals surface area contributed by atoms with Gasteiger partial charge in [-0.05, 0) is 67.3 Å². The van der Waals surface area contributed by atoms with Gasteiger partial charge in [-0.2, -0.15) is 0 Å². The van der Waals surface area contributed by atoms with Crippen molar-refractivity contribution in [1.29, 1.82) is 0 Å². The van der Waals surface area contributed by atoms with E-state index >= 15 is 0 Å². The van der Waals surface area contributed by atoms with Crippen LogP contribution in [-0.2, 0) is 32.0 Å². The average Bonchev–Trinajstić information content (AvgIpc) is 2.99. The molecule has 1 heterocycles. The quantitative estimate of drug-likeness (QED) is 0.183. The molecule has 3 rings (SSSR count). The number of likely N-dealkylation sites (N-methyl/N-ethyl adjacent to an activating group) is 1. The van der Waals surface area contributed by atoms with Gasteiger partial charge in [0.1, 0.15) is 35.2 Å². The third kappa shape index (κ3) is 10.7. The van der Waals surface area contributed by atoms with Gasteiger partial charge in [0.05, 0.1) is 12.7 Å². The molecule has 0 spiro atoms. The Hall–Kier alpha value is -5.09. The summed E-state index contributed by atoms with van der Waals surface area (Å²) in [5.74, 6) is -2.88. The van der Waals surface area contributed by atoms with Crippen LogP contribution < -0.4 is 21.3 Å². The lowest BCUT2D eigenvalue weighted by Crippen LogP contribution is -2.58. The summed E-state index contributed by atoms with van der Waals surface area (Å²) in [5.41, 5.74) is 0.690. The average molecular weight is 674 g/mol. The predicted molar refractivity (Wildman–Crippen MR) is 171 cm³/mol. The molecule has 16 nitrogen and oxygen atoms in total. The second-order valence-corrected chi connectivity index (χ2v) is 12.5. The number of carbonyl (C=O) groups excluding carboxylic acids is 4. The molecule has 262 valence electrons. The number of carbonyl (C=O) groups is 5. The molecule has 48 heavy (non-hydrogen) atoms. The van der Waals surface area contributed by atoms with Gasteiger partial charge in [0.15, 0.2) is 0 Å². The first-order valence-electron chi connectivity index (χ1n) is 15.2. The fourth-order valence-electron chi connectivity index (χ4n) is 5.02. The molecule has 16 heteroatoms. The minimum atomic E-state index is -1.57. The minimum Gasteiger partial charge on any atom is -0.508 e. The van der Waals surface area contributed by atoms with Crippen molar-refractivity contribution >= 4 is 29.9 Å². The first kappa shape index (κ1) is 37.4. The van der Waals surface area contributed by atoms with E-state index in [1.165, 1.54) is 24.1 Å². The molecule has 4 bridgehead atoms. The van der Waals surface area contributed by atoms with Crippen LogP contribution >= 0.6 is 0 Å². The Labute approximate surface area is 277 Å². The number of aliphatic hydroxyl groups excluding tert-OH is 2. The SMILES string of the molecule is CN(CCO)C(=O)[C@@H]1Cc2cc(ccc2O)-c2ccc(O)c(c2)C[C@H](NC(=O)OC(C)(C)C)C(=O)N[C@@H](C[C@@H](O)CNC(=O)O)C(=O)N1. The summed E-state index contributed by atoms with van der Waals surface area (Å²) in [6, 6.07) is 4.85. The third-order valence-corrected chi connectivity index (χ3v) is 7.40. The zero-order valence-corrected chi connectivity index (χ0v) is 27.1. The molecule has 2 aromatic carbocycles. The number of amides is 5. The number of alkyl carbamates (subject to hydrolysis) is 1. The number of aliphatic hydroxyl groups is 2. The maximum Gasteiger partial charge on any atom is 0.408 e. The highest BCUT2D eigenvalue weighted by molar-refractivity contribution is 5.94. The zero-order chi connectivity index (χ0) is 35.8. The van der Waals surface area contributed by atoms with Gasteiger partial charge in [0.2, 0.25) is 17.7 Å². The van der Waals surface area contributed by atoms with Gasteiger partial charge in [-0.1, -0.05) is 12.1 Å². The van der Waals surface area contributed by atoms with Crippen LogP contribution in [0.15, 0.2) is 36.4 Å². The van der Waals surface area contributed by atoms with Crippen molar-refractivity contribution in [1.82, 2.24) is 26.2 Å². The van der Waals surface area contributed by atoms with Crippen molar-refractivity contribution in [2.24, 2.45) is 0 Å². The molecule has 5 amide bonds. The van der Waals surface area contributed by atoms with Crippen LogP contribution in [0.3, 0.4) is 0 Å². The number of nitrogens with zero attached hydrogens (tertiary/aromatic N) is 1. The number of nitrogens with one attached hydrogen (secondary N) is 4. The summed E-state index contributed by atoms with van der Waals surface area (Å²) >= 11 is 0. The summed E-state index contributed by atoms with van der Waals surface area (Å²) in [5, 5.41) is 60.0. The number of phenolic OH excluding ortho intramolecular Hbond substituents is 2. The van der Waals surface area contributed by atoms with E-state index < -0.39 is 72.7 Å². The maximum absolute atomic E-state index is 13.8. The van der Waals surface area contributed by atoms with Crippen LogP contribution in [0.25, 0.3) is 11.1 Å². The van der Waals surface area contributed by atoms with Crippen LogP contribution in [0.2, 0.25) is 0 Å². The normalized spacial score (nSPS) is 19.0. The lowest BCUT2D eigenvalue weighted by atomic mass is 9.95. The van der Waals surface area contributed by atoms with Crippen molar-refractivity contribution in [2.45, 2.75) is 69.9 Å². The first-order valence-corrected chi connectivity index (χ1v) is 15.2. The van der Waals surface area contributed by atoms with Crippen molar-refractivity contribution in [3.8, 4) is 22.6 Å². The number of fused-ring (bicyclic) bond motifs is 5. The molecule has 9 N–H and O–H groups in total. The zero-order valence-electron chi connectivity index (χ0n) is 27.1. The summed E-state index contributed by atoms with van der Waals surface area (Å²) < 4.78 is 5.33. The molecule has 0 radical (unpaired) electrons. The van der Waals surface area contributed by atoms with E-state index in [0.29, 0.717) is 11.1 Å². The number of hydrogen-bond donors (Lipinski definition) is 9. The Kier molecular flexibility index (Phi) is 12.6. The second-order valence-electron chi connectivity index (χ2n) is 12.5. The largest absolute Gasteiger partial charge is 0.508 e. The number of aromatic hydroxyl groups is 2. The molecular weight excluding hydrogens is 630 g/mol. The van der Waals surface area contributed by atoms with Gasteiger partial charge >= 0.3 is 12.2 Å². The number of benzene rings is 2. The summed E-state index contributed by atoms with van der Waals surface area (Å²) in [4.78, 5) is 66.1. The molecule has 0 saturated carbocycles. The molecule has 0 unspecified atom stereocenters. The smallest absolute Gasteiger partial charge is 0.408 e. The maximum atomic E-state index is 13.8. The van der Waals surface area contributed by atoms with Gasteiger partial charge in [0, 0.05) is 39.4 Å². The first-order chi connectivity index (χ1) is 22.5. The second kappa shape index (κ2) is 16.1. The molecular formula is C32H43N5O11. The van der Waals surface area contributed by atoms with Gasteiger partial charge < -0.3 is 56.4 Å². The molecule has 4 atom stereocenters. The van der Waals surface area contributed by atoms with Gasteiger partial charge in [-0.3, -0.25) is 14.4 Å². The van der Waals surface area contributed by atoms with E-state index in [-0.39, 0.29) is 48.6 Å². The summed E-state index contributed by atoms with van der Waals surface area (Å²) in [6.45, 7) is 3.90. The van der Waals surface area contributed by atoms with E-state index in [4.69, 9.17) is 9.84 Å². The van der Waals surface area contributed by atoms with Crippen LogP contribution in [0.5, 0.6) is 11.5 Å². The molecule has 1 aliphatic rings. The van der Waals surface area contributed by atoms with Crippen LogP contribution in [0.4, 0.5) is 9.59 Å². The molecule has 0 aromatic heterocycles. The molecule has 0 fully saturated rings. The van der Waals surface area contributed by atoms with E-state index in [9.17, 15) is 44.4 Å². The fraction of sp³-hybridized carbons (Fsp3) is 0.469. The van der Waals surface area contributed by atoms with Crippen molar-refractivity contribution in [3.05, 3.63) is 47.5 Å². The van der Waals surface area contributed by atoms with Crippen molar-refractivity contribution in [2.75, 3.05) is 26.7 Å². The molecule has 2 aromatic rings. The van der Waals surface area contributed by atoms with Crippen LogP contribution in [-0.4, -0.2) is 117 Å². The lowest BCUT2D eigenvalue weighted by molar-refractivity contribution is -0.137. The number of ether oxygens (including phenoxy) is 1. The molecule has 1 aliphatic heterocycles. The number of carboxylic acid groups (broad SMARTS) is 1. The Balaban J connectivity index is 2.16. The number of hydrogen-bond acceptors (Lipinski definition) is 10. The van der Waals surface area contributed by atoms with Crippen molar-refractivity contribution in [3.63, 3.8) is 0 Å². The van der Waals surface area contributed by atoms with E-state index in [1.807, 2.05) is 5.32 Å². The molecule has 0 saturated heterocycles. The van der Waals surface area contributed by atoms with Gasteiger partial charge in [0.25, 0.3) is 0 Å². The van der Waals surface area contributed by atoms with E-state index in [0.717, 1.165) is 0 Å². The monoisotopic (exact) mass is 673 g/mol. The highest BCUT2D eigenvalue weighted by atomic mass is 16.6. The Bertz CT molecular complexity index is 1510. The van der Waals surface area contributed by atoms with E-state index in [1.54, 1.807) is 45.0 Å². The minimum absolute atomic E-state index is 0.0781. The Morgan fingerprint density at radius 2 is 1.56 bits per heavy atom. The Morgan fingerprint density at radius 3 is 2.10 bits per heavy atom.